The maximum Gasteiger partial charge on any atom is 0.319 e. The van der Waals surface area contributed by atoms with Crippen LogP contribution in [0.4, 0.5) is 16.2 Å². The molecule has 2 aromatic rings. The van der Waals surface area contributed by atoms with Crippen molar-refractivity contribution in [2.75, 3.05) is 37.0 Å². The Balaban J connectivity index is 1.51. The first-order valence-electron chi connectivity index (χ1n) is 9.38. The Morgan fingerprint density at radius 1 is 1.11 bits per heavy atom. The number of carbonyl (C=O) groups is 1. The van der Waals surface area contributed by atoms with Crippen molar-refractivity contribution in [3.63, 3.8) is 0 Å². The molecule has 0 saturated carbocycles. The Bertz CT molecular complexity index is 731. The zero-order chi connectivity index (χ0) is 19.1. The zero-order valence-corrected chi connectivity index (χ0v) is 15.9. The molecule has 1 saturated heterocycles. The van der Waals surface area contributed by atoms with Gasteiger partial charge in [-0.15, -0.1) is 0 Å². The number of rotatable bonds is 7. The highest BCUT2D eigenvalue weighted by Crippen LogP contribution is 2.27. The summed E-state index contributed by atoms with van der Waals surface area (Å²) in [6.07, 6.45) is 2.19. The van der Waals surface area contributed by atoms with E-state index in [2.05, 4.69) is 27.7 Å². The van der Waals surface area contributed by atoms with E-state index < -0.39 is 0 Å². The highest BCUT2D eigenvalue weighted by atomic mass is 16.5. The summed E-state index contributed by atoms with van der Waals surface area (Å²) in [5.74, 6) is 1.65. The first kappa shape index (κ1) is 18.9. The predicted octanol–water partition coefficient (Wildman–Crippen LogP) is 3.88. The van der Waals surface area contributed by atoms with Crippen molar-refractivity contribution in [2.24, 2.45) is 0 Å². The van der Waals surface area contributed by atoms with Crippen molar-refractivity contribution < 1.29 is 14.3 Å². The second-order valence-corrected chi connectivity index (χ2v) is 6.48. The Hall–Kier alpha value is -2.89. The van der Waals surface area contributed by atoms with Crippen LogP contribution in [0, 0.1) is 0 Å². The van der Waals surface area contributed by atoms with Gasteiger partial charge in [0.2, 0.25) is 0 Å². The van der Waals surface area contributed by atoms with E-state index in [1.807, 2.05) is 43.3 Å². The molecule has 1 aliphatic rings. The molecule has 2 amide bonds. The zero-order valence-electron chi connectivity index (χ0n) is 15.9. The number of nitrogens with zero attached hydrogens (tertiary/aromatic N) is 1. The molecule has 0 aromatic heterocycles. The van der Waals surface area contributed by atoms with E-state index >= 15 is 0 Å². The number of nitrogens with one attached hydrogen (secondary N) is 2. The van der Waals surface area contributed by atoms with Crippen LogP contribution in [-0.4, -0.2) is 38.9 Å². The summed E-state index contributed by atoms with van der Waals surface area (Å²) >= 11 is 0. The van der Waals surface area contributed by atoms with Crippen molar-refractivity contribution in [2.45, 2.75) is 25.8 Å². The Kier molecular flexibility index (Phi) is 6.41. The summed E-state index contributed by atoms with van der Waals surface area (Å²) in [6, 6.07) is 15.5. The number of urea groups is 1. The molecule has 1 unspecified atom stereocenters. The van der Waals surface area contributed by atoms with Gasteiger partial charge in [0.15, 0.2) is 0 Å². The summed E-state index contributed by atoms with van der Waals surface area (Å²) in [5.41, 5.74) is 1.90. The van der Waals surface area contributed by atoms with Gasteiger partial charge in [-0.25, -0.2) is 4.79 Å². The maximum atomic E-state index is 12.2. The highest BCUT2D eigenvalue weighted by Gasteiger charge is 2.25. The van der Waals surface area contributed by atoms with Gasteiger partial charge >= 0.3 is 6.03 Å². The lowest BCUT2D eigenvalue weighted by molar-refractivity contribution is 0.251. The van der Waals surface area contributed by atoms with Crippen molar-refractivity contribution in [1.82, 2.24) is 5.32 Å². The summed E-state index contributed by atoms with van der Waals surface area (Å²) < 4.78 is 10.6. The molecular formula is C21H27N3O3. The van der Waals surface area contributed by atoms with Gasteiger partial charge in [0.25, 0.3) is 0 Å². The molecule has 1 atom stereocenters. The van der Waals surface area contributed by atoms with E-state index in [0.29, 0.717) is 19.2 Å². The largest absolute Gasteiger partial charge is 0.497 e. The molecule has 144 valence electrons. The molecule has 0 bridgehead atoms. The molecule has 27 heavy (non-hydrogen) atoms. The fourth-order valence-electron chi connectivity index (χ4n) is 3.35. The smallest absolute Gasteiger partial charge is 0.319 e. The molecule has 2 N–H and O–H groups in total. The average Bonchev–Trinajstić information content (AvgIpc) is 3.17. The number of amides is 2. The lowest BCUT2D eigenvalue weighted by atomic mass is 10.2. The van der Waals surface area contributed by atoms with E-state index in [4.69, 9.17) is 9.47 Å². The van der Waals surface area contributed by atoms with E-state index in [-0.39, 0.29) is 6.03 Å². The number of hydrogen-bond donors (Lipinski definition) is 2. The van der Waals surface area contributed by atoms with Gasteiger partial charge in [-0.05, 0) is 68.3 Å². The Morgan fingerprint density at radius 2 is 1.81 bits per heavy atom. The van der Waals surface area contributed by atoms with Crippen LogP contribution in [0.5, 0.6) is 11.5 Å². The van der Waals surface area contributed by atoms with Crippen LogP contribution in [0.2, 0.25) is 0 Å². The maximum absolute atomic E-state index is 12.2. The molecule has 6 heteroatoms. The van der Waals surface area contributed by atoms with Crippen molar-refractivity contribution in [1.29, 1.82) is 0 Å². The average molecular weight is 369 g/mol. The van der Waals surface area contributed by atoms with Gasteiger partial charge in [-0.1, -0.05) is 0 Å². The molecule has 1 fully saturated rings. The van der Waals surface area contributed by atoms with Gasteiger partial charge in [0, 0.05) is 30.5 Å². The fraction of sp³-hybridized carbons (Fsp3) is 0.381. The van der Waals surface area contributed by atoms with E-state index in [9.17, 15) is 4.79 Å². The van der Waals surface area contributed by atoms with Crippen LogP contribution < -0.4 is 25.0 Å². The minimum atomic E-state index is -0.194. The number of anilines is 2. The highest BCUT2D eigenvalue weighted by molar-refractivity contribution is 5.89. The van der Waals surface area contributed by atoms with Crippen LogP contribution in [-0.2, 0) is 0 Å². The van der Waals surface area contributed by atoms with Crippen LogP contribution in [0.25, 0.3) is 0 Å². The topological polar surface area (TPSA) is 62.8 Å². The minimum Gasteiger partial charge on any atom is -0.497 e. The van der Waals surface area contributed by atoms with Crippen molar-refractivity contribution >= 4 is 17.4 Å². The van der Waals surface area contributed by atoms with E-state index in [0.717, 1.165) is 42.3 Å². The molecule has 6 nitrogen and oxygen atoms in total. The number of hydrogen-bond acceptors (Lipinski definition) is 4. The third kappa shape index (κ3) is 5.06. The molecule has 0 radical (unpaired) electrons. The van der Waals surface area contributed by atoms with Crippen molar-refractivity contribution in [3.8, 4) is 11.5 Å². The van der Waals surface area contributed by atoms with Gasteiger partial charge in [-0.2, -0.15) is 0 Å². The molecular weight excluding hydrogens is 342 g/mol. The molecule has 0 aliphatic carbocycles. The van der Waals surface area contributed by atoms with Crippen LogP contribution in [0.3, 0.4) is 0 Å². The van der Waals surface area contributed by atoms with Crippen LogP contribution in [0.15, 0.2) is 48.5 Å². The summed E-state index contributed by atoms with van der Waals surface area (Å²) in [6.45, 7) is 4.17. The number of ether oxygens (including phenoxy) is 2. The summed E-state index contributed by atoms with van der Waals surface area (Å²) in [5, 5.41) is 5.85. The van der Waals surface area contributed by atoms with Gasteiger partial charge < -0.3 is 25.0 Å². The number of carbonyl (C=O) groups excluding carboxylic acids is 1. The second kappa shape index (κ2) is 9.16. The SMILES string of the molecule is CCOc1ccc(NC(=O)NCC2CCCN2c2ccc(OC)cc2)cc1. The molecule has 1 heterocycles. The van der Waals surface area contributed by atoms with Crippen LogP contribution in [0.1, 0.15) is 19.8 Å². The lowest BCUT2D eigenvalue weighted by Crippen LogP contribution is -2.41. The van der Waals surface area contributed by atoms with Gasteiger partial charge in [-0.3, -0.25) is 0 Å². The first-order chi connectivity index (χ1) is 13.2. The standard InChI is InChI=1S/C21H27N3O3/c1-3-27-20-10-6-16(7-11-20)23-21(25)22-15-18-5-4-14-24(18)17-8-12-19(26-2)13-9-17/h6-13,18H,3-5,14-15H2,1-2H3,(H2,22,23,25). The number of methoxy groups -OCH3 is 1. The summed E-state index contributed by atoms with van der Waals surface area (Å²) in [7, 11) is 1.67. The Morgan fingerprint density at radius 3 is 2.48 bits per heavy atom. The third-order valence-electron chi connectivity index (χ3n) is 4.70. The van der Waals surface area contributed by atoms with Crippen LogP contribution >= 0.6 is 0 Å². The normalized spacial score (nSPS) is 16.1. The number of benzene rings is 2. The Labute approximate surface area is 160 Å². The predicted molar refractivity (Wildman–Crippen MR) is 108 cm³/mol. The lowest BCUT2D eigenvalue weighted by Gasteiger charge is -2.27. The van der Waals surface area contributed by atoms with Gasteiger partial charge in [0.05, 0.1) is 13.7 Å². The van der Waals surface area contributed by atoms with E-state index in [1.165, 1.54) is 0 Å². The molecule has 0 spiro atoms. The van der Waals surface area contributed by atoms with Crippen molar-refractivity contribution in [3.05, 3.63) is 48.5 Å². The molecule has 3 rings (SSSR count). The first-order valence-corrected chi connectivity index (χ1v) is 9.38. The quantitative estimate of drug-likeness (QED) is 0.777. The fourth-order valence-corrected chi connectivity index (χ4v) is 3.35. The third-order valence-corrected chi connectivity index (χ3v) is 4.70. The molecule has 2 aromatic carbocycles. The summed E-state index contributed by atoms with van der Waals surface area (Å²) in [4.78, 5) is 14.6. The van der Waals surface area contributed by atoms with E-state index in [1.54, 1.807) is 7.11 Å². The molecule has 1 aliphatic heterocycles. The second-order valence-electron chi connectivity index (χ2n) is 6.48. The minimum absolute atomic E-state index is 0.194. The van der Waals surface area contributed by atoms with Gasteiger partial charge in [0.1, 0.15) is 11.5 Å². The monoisotopic (exact) mass is 369 g/mol.